The molecule has 5 nitrogen and oxygen atoms in total. The molecule has 1 unspecified atom stereocenters. The van der Waals surface area contributed by atoms with Gasteiger partial charge in [0.25, 0.3) is 0 Å². The lowest BCUT2D eigenvalue weighted by molar-refractivity contribution is 0.582. The Bertz CT molecular complexity index is 414. The van der Waals surface area contributed by atoms with Gasteiger partial charge in [-0.05, 0) is 32.1 Å². The second-order valence-corrected chi connectivity index (χ2v) is 7.84. The monoisotopic (exact) mass is 287 g/mol. The molecule has 1 aliphatic carbocycles. The summed E-state index contributed by atoms with van der Waals surface area (Å²) in [6, 6.07) is 0.533. The zero-order valence-corrected chi connectivity index (χ0v) is 12.5. The fourth-order valence-electron chi connectivity index (χ4n) is 2.82. The van der Waals surface area contributed by atoms with Crippen LogP contribution >= 0.6 is 0 Å². The molecule has 1 heterocycles. The smallest absolute Gasteiger partial charge is 0.191 e. The van der Waals surface area contributed by atoms with Crippen LogP contribution in [0.15, 0.2) is 4.99 Å². The first-order valence-corrected chi connectivity index (χ1v) is 9.16. The van der Waals surface area contributed by atoms with Gasteiger partial charge in [0.2, 0.25) is 0 Å². The zero-order chi connectivity index (χ0) is 13.7. The molecule has 0 aromatic heterocycles. The van der Waals surface area contributed by atoms with Gasteiger partial charge in [-0.15, -0.1) is 0 Å². The lowest BCUT2D eigenvalue weighted by atomic mass is 10.1. The van der Waals surface area contributed by atoms with Gasteiger partial charge in [0, 0.05) is 19.1 Å². The molecule has 0 amide bonds. The molecule has 2 fully saturated rings. The van der Waals surface area contributed by atoms with Crippen molar-refractivity contribution >= 4 is 15.8 Å². The van der Waals surface area contributed by atoms with Gasteiger partial charge in [0.1, 0.15) is 0 Å². The van der Waals surface area contributed by atoms with Crippen LogP contribution in [0.2, 0.25) is 0 Å². The van der Waals surface area contributed by atoms with Crippen molar-refractivity contribution < 1.29 is 8.42 Å². The quantitative estimate of drug-likeness (QED) is 0.596. The number of guanidine groups is 1. The Morgan fingerprint density at radius 3 is 2.58 bits per heavy atom. The maximum absolute atomic E-state index is 11.4. The SMILES string of the molecule is CCNC(=NCC1CCS(=O)(=O)C1)NC1CCCC1. The summed E-state index contributed by atoms with van der Waals surface area (Å²) >= 11 is 0. The minimum Gasteiger partial charge on any atom is -0.357 e. The molecule has 0 radical (unpaired) electrons. The standard InChI is InChI=1S/C13H25N3O2S/c1-2-14-13(16-12-5-3-4-6-12)15-9-11-7-8-19(17,18)10-11/h11-12H,2-10H2,1H3,(H2,14,15,16). The maximum atomic E-state index is 11.4. The molecule has 0 aromatic rings. The van der Waals surface area contributed by atoms with Crippen molar-refractivity contribution in [3.63, 3.8) is 0 Å². The van der Waals surface area contributed by atoms with Crippen molar-refractivity contribution in [2.75, 3.05) is 24.6 Å². The molecule has 1 aliphatic heterocycles. The summed E-state index contributed by atoms with van der Waals surface area (Å²) in [5.41, 5.74) is 0. The summed E-state index contributed by atoms with van der Waals surface area (Å²) < 4.78 is 22.8. The van der Waals surface area contributed by atoms with Crippen molar-refractivity contribution in [1.29, 1.82) is 0 Å². The first-order valence-electron chi connectivity index (χ1n) is 7.34. The Kier molecular flexibility index (Phi) is 5.07. The number of sulfone groups is 1. The van der Waals surface area contributed by atoms with Crippen LogP contribution in [-0.2, 0) is 9.84 Å². The highest BCUT2D eigenvalue weighted by Gasteiger charge is 2.27. The summed E-state index contributed by atoms with van der Waals surface area (Å²) in [5, 5.41) is 6.69. The van der Waals surface area contributed by atoms with Crippen LogP contribution in [0.3, 0.4) is 0 Å². The van der Waals surface area contributed by atoms with E-state index in [1.165, 1.54) is 25.7 Å². The van der Waals surface area contributed by atoms with Crippen molar-refractivity contribution in [3.8, 4) is 0 Å². The summed E-state index contributed by atoms with van der Waals surface area (Å²) in [7, 11) is -2.79. The molecule has 2 rings (SSSR count). The summed E-state index contributed by atoms with van der Waals surface area (Å²) in [6.45, 7) is 3.49. The van der Waals surface area contributed by atoms with Crippen LogP contribution in [0, 0.1) is 5.92 Å². The predicted molar refractivity (Wildman–Crippen MR) is 78.1 cm³/mol. The normalized spacial score (nSPS) is 27.6. The van der Waals surface area contributed by atoms with Gasteiger partial charge in [0.15, 0.2) is 15.8 Å². The van der Waals surface area contributed by atoms with Crippen molar-refractivity contribution in [1.82, 2.24) is 10.6 Å². The van der Waals surface area contributed by atoms with E-state index in [0.29, 0.717) is 24.1 Å². The van der Waals surface area contributed by atoms with Gasteiger partial charge in [0.05, 0.1) is 11.5 Å². The number of nitrogens with one attached hydrogen (secondary N) is 2. The van der Waals surface area contributed by atoms with Crippen molar-refractivity contribution in [2.24, 2.45) is 10.9 Å². The second-order valence-electron chi connectivity index (χ2n) is 5.61. The Balaban J connectivity index is 1.85. The molecule has 2 aliphatic rings. The molecule has 0 bridgehead atoms. The van der Waals surface area contributed by atoms with Crippen LogP contribution in [0.1, 0.15) is 39.0 Å². The maximum Gasteiger partial charge on any atom is 0.191 e. The van der Waals surface area contributed by atoms with Gasteiger partial charge in [-0.25, -0.2) is 8.42 Å². The Morgan fingerprint density at radius 2 is 2.00 bits per heavy atom. The Morgan fingerprint density at radius 1 is 1.26 bits per heavy atom. The van der Waals surface area contributed by atoms with Crippen LogP contribution in [-0.4, -0.2) is 45.0 Å². The van der Waals surface area contributed by atoms with Crippen LogP contribution in [0.25, 0.3) is 0 Å². The number of aliphatic imine (C=N–C) groups is 1. The predicted octanol–water partition coefficient (Wildman–Crippen LogP) is 0.919. The molecule has 1 atom stereocenters. The van der Waals surface area contributed by atoms with E-state index >= 15 is 0 Å². The van der Waals surface area contributed by atoms with Gasteiger partial charge < -0.3 is 10.6 Å². The first kappa shape index (κ1) is 14.6. The first-order chi connectivity index (χ1) is 9.09. The highest BCUT2D eigenvalue weighted by molar-refractivity contribution is 7.91. The van der Waals surface area contributed by atoms with Gasteiger partial charge in [-0.1, -0.05) is 12.8 Å². The van der Waals surface area contributed by atoms with E-state index in [1.54, 1.807) is 0 Å². The number of hydrogen-bond acceptors (Lipinski definition) is 3. The molecule has 2 N–H and O–H groups in total. The molecular formula is C13H25N3O2S. The number of nitrogens with zero attached hydrogens (tertiary/aromatic N) is 1. The summed E-state index contributed by atoms with van der Waals surface area (Å²) in [4.78, 5) is 4.55. The lowest BCUT2D eigenvalue weighted by Crippen LogP contribution is -2.42. The summed E-state index contributed by atoms with van der Waals surface area (Å²) in [6.07, 6.45) is 5.76. The molecule has 1 saturated heterocycles. The minimum atomic E-state index is -2.79. The lowest BCUT2D eigenvalue weighted by Gasteiger charge is -2.17. The average Bonchev–Trinajstić information content (AvgIpc) is 2.96. The molecule has 0 spiro atoms. The topological polar surface area (TPSA) is 70.6 Å². The fourth-order valence-corrected chi connectivity index (χ4v) is 4.67. The number of rotatable bonds is 4. The van der Waals surface area contributed by atoms with Gasteiger partial charge in [-0.3, -0.25) is 4.99 Å². The van der Waals surface area contributed by atoms with Gasteiger partial charge >= 0.3 is 0 Å². The van der Waals surface area contributed by atoms with Gasteiger partial charge in [-0.2, -0.15) is 0 Å². The Hall–Kier alpha value is -0.780. The molecule has 6 heteroatoms. The van der Waals surface area contributed by atoms with Crippen molar-refractivity contribution in [3.05, 3.63) is 0 Å². The second kappa shape index (κ2) is 6.59. The third kappa shape index (κ3) is 4.67. The van der Waals surface area contributed by atoms with E-state index in [9.17, 15) is 8.42 Å². The molecule has 19 heavy (non-hydrogen) atoms. The zero-order valence-electron chi connectivity index (χ0n) is 11.7. The largest absolute Gasteiger partial charge is 0.357 e. The van der Waals surface area contributed by atoms with E-state index in [4.69, 9.17) is 0 Å². The van der Waals surface area contributed by atoms with E-state index in [0.717, 1.165) is 18.9 Å². The third-order valence-corrected chi connectivity index (χ3v) is 5.71. The van der Waals surface area contributed by atoms with Crippen LogP contribution in [0.4, 0.5) is 0 Å². The molecule has 110 valence electrons. The van der Waals surface area contributed by atoms with Crippen LogP contribution in [0.5, 0.6) is 0 Å². The van der Waals surface area contributed by atoms with Crippen LogP contribution < -0.4 is 10.6 Å². The summed E-state index contributed by atoms with van der Waals surface area (Å²) in [5.74, 6) is 1.68. The number of hydrogen-bond donors (Lipinski definition) is 2. The van der Waals surface area contributed by atoms with E-state index in [-0.39, 0.29) is 5.92 Å². The van der Waals surface area contributed by atoms with Crippen molar-refractivity contribution in [2.45, 2.75) is 45.1 Å². The highest BCUT2D eigenvalue weighted by Crippen LogP contribution is 2.19. The van der Waals surface area contributed by atoms with E-state index < -0.39 is 9.84 Å². The average molecular weight is 287 g/mol. The molecule has 1 saturated carbocycles. The van der Waals surface area contributed by atoms with E-state index in [2.05, 4.69) is 15.6 Å². The highest BCUT2D eigenvalue weighted by atomic mass is 32.2. The Labute approximate surface area is 116 Å². The van der Waals surface area contributed by atoms with E-state index in [1.807, 2.05) is 6.92 Å². The fraction of sp³-hybridized carbons (Fsp3) is 0.923. The molecule has 0 aromatic carbocycles. The third-order valence-electron chi connectivity index (χ3n) is 3.87. The molecular weight excluding hydrogens is 262 g/mol. The minimum absolute atomic E-state index is 0.198.